The van der Waals surface area contributed by atoms with E-state index in [2.05, 4.69) is 12.2 Å². The highest BCUT2D eigenvalue weighted by Gasteiger charge is 2.70. The van der Waals surface area contributed by atoms with Crippen molar-refractivity contribution in [2.24, 2.45) is 35.0 Å². The van der Waals surface area contributed by atoms with Crippen LogP contribution in [-0.2, 0) is 4.79 Å². The molecule has 4 rings (SSSR count). The number of nitrogens with one attached hydrogen (secondary N) is 1. The van der Waals surface area contributed by atoms with Crippen LogP contribution in [0.5, 0.6) is 0 Å². The maximum atomic E-state index is 11.5. The Balaban J connectivity index is 1.72. The Labute approximate surface area is 90.8 Å². The first kappa shape index (κ1) is 8.60. The molecule has 1 spiro atoms. The third kappa shape index (κ3) is 0.786. The zero-order valence-electron chi connectivity index (χ0n) is 9.33. The van der Waals surface area contributed by atoms with Gasteiger partial charge in [0.25, 0.3) is 0 Å². The molecule has 1 unspecified atom stereocenters. The molecule has 1 amide bonds. The van der Waals surface area contributed by atoms with Crippen molar-refractivity contribution in [2.45, 2.75) is 32.6 Å². The summed E-state index contributed by atoms with van der Waals surface area (Å²) in [6.07, 6.45) is 5.10. The highest BCUT2D eigenvalue weighted by molar-refractivity contribution is 5.79. The first-order valence-corrected chi connectivity index (χ1v) is 6.49. The Hall–Kier alpha value is -0.530. The van der Waals surface area contributed by atoms with Gasteiger partial charge in [0.15, 0.2) is 0 Å². The molecule has 1 aliphatic heterocycles. The molecule has 4 aliphatic rings. The van der Waals surface area contributed by atoms with Gasteiger partial charge in [0.05, 0.1) is 0 Å². The molecule has 1 heterocycles. The first-order valence-electron chi connectivity index (χ1n) is 6.49. The van der Waals surface area contributed by atoms with Gasteiger partial charge in [0.2, 0.25) is 5.91 Å². The zero-order chi connectivity index (χ0) is 10.2. The van der Waals surface area contributed by atoms with Crippen LogP contribution in [-0.4, -0.2) is 12.5 Å². The Bertz CT molecular complexity index is 339. The number of carbonyl (C=O) groups is 1. The van der Waals surface area contributed by atoms with Crippen LogP contribution in [0, 0.1) is 35.0 Å². The van der Waals surface area contributed by atoms with Gasteiger partial charge in [0, 0.05) is 18.4 Å². The van der Waals surface area contributed by atoms with Crippen molar-refractivity contribution in [3.8, 4) is 0 Å². The van der Waals surface area contributed by atoms with E-state index < -0.39 is 0 Å². The number of amides is 1. The maximum Gasteiger partial charge on any atom is 0.220 e. The third-order valence-electron chi connectivity index (χ3n) is 6.17. The van der Waals surface area contributed by atoms with E-state index >= 15 is 0 Å². The van der Waals surface area contributed by atoms with Crippen LogP contribution in [0.3, 0.4) is 0 Å². The van der Waals surface area contributed by atoms with Crippen molar-refractivity contribution in [3.63, 3.8) is 0 Å². The van der Waals surface area contributed by atoms with Crippen LogP contribution < -0.4 is 5.32 Å². The lowest BCUT2D eigenvalue weighted by Crippen LogP contribution is -2.54. The van der Waals surface area contributed by atoms with Crippen LogP contribution in [0.4, 0.5) is 0 Å². The molecule has 4 fully saturated rings. The molecule has 2 heteroatoms. The van der Waals surface area contributed by atoms with Crippen molar-refractivity contribution < 1.29 is 4.79 Å². The van der Waals surface area contributed by atoms with E-state index in [1.54, 1.807) is 0 Å². The Kier molecular flexibility index (Phi) is 1.38. The predicted molar refractivity (Wildman–Crippen MR) is 57.0 cm³/mol. The lowest BCUT2D eigenvalue weighted by molar-refractivity contribution is -0.124. The summed E-state index contributed by atoms with van der Waals surface area (Å²) < 4.78 is 0. The SMILES string of the molecule is CC1C[C@@H]2[C@@H]3[C@H]1CC[C@@H]3[C@@]21CNC(=O)C1. The van der Waals surface area contributed by atoms with E-state index in [9.17, 15) is 4.79 Å². The average Bonchev–Trinajstić information content (AvgIpc) is 2.80. The van der Waals surface area contributed by atoms with Gasteiger partial charge in [-0.15, -0.1) is 0 Å². The molecule has 0 bridgehead atoms. The van der Waals surface area contributed by atoms with Crippen molar-refractivity contribution in [1.29, 1.82) is 0 Å². The quantitative estimate of drug-likeness (QED) is 0.642. The molecular formula is C13H19NO. The highest BCUT2D eigenvalue weighted by Crippen LogP contribution is 2.73. The Morgan fingerprint density at radius 3 is 2.93 bits per heavy atom. The molecule has 0 aromatic carbocycles. The summed E-state index contributed by atoms with van der Waals surface area (Å²) in [5.41, 5.74) is 0.418. The summed E-state index contributed by atoms with van der Waals surface area (Å²) in [7, 11) is 0. The minimum atomic E-state index is 0.316. The van der Waals surface area contributed by atoms with Gasteiger partial charge in [-0.1, -0.05) is 6.92 Å². The summed E-state index contributed by atoms with van der Waals surface area (Å²) >= 11 is 0. The van der Waals surface area contributed by atoms with Crippen molar-refractivity contribution in [3.05, 3.63) is 0 Å². The second kappa shape index (κ2) is 2.41. The van der Waals surface area contributed by atoms with Crippen LogP contribution in [0.15, 0.2) is 0 Å². The van der Waals surface area contributed by atoms with E-state index in [0.29, 0.717) is 11.3 Å². The zero-order valence-corrected chi connectivity index (χ0v) is 9.33. The predicted octanol–water partition coefficient (Wildman–Crippen LogP) is 1.80. The number of hydrogen-bond donors (Lipinski definition) is 1. The maximum absolute atomic E-state index is 11.5. The number of rotatable bonds is 0. The topological polar surface area (TPSA) is 29.1 Å². The number of hydrogen-bond acceptors (Lipinski definition) is 1. The minimum absolute atomic E-state index is 0.316. The van der Waals surface area contributed by atoms with Crippen molar-refractivity contribution in [1.82, 2.24) is 5.32 Å². The summed E-state index contributed by atoms with van der Waals surface area (Å²) in [6, 6.07) is 0. The number of fused-ring (bicyclic) bond motifs is 2. The smallest absolute Gasteiger partial charge is 0.220 e. The van der Waals surface area contributed by atoms with E-state index in [1.807, 2.05) is 0 Å². The summed E-state index contributed by atoms with van der Waals surface area (Å²) in [5, 5.41) is 3.08. The minimum Gasteiger partial charge on any atom is -0.355 e. The van der Waals surface area contributed by atoms with E-state index in [4.69, 9.17) is 0 Å². The van der Waals surface area contributed by atoms with Gasteiger partial charge >= 0.3 is 0 Å². The van der Waals surface area contributed by atoms with Gasteiger partial charge < -0.3 is 5.32 Å². The summed E-state index contributed by atoms with van der Waals surface area (Å²) in [4.78, 5) is 11.5. The van der Waals surface area contributed by atoms with Gasteiger partial charge in [-0.25, -0.2) is 0 Å². The molecule has 15 heavy (non-hydrogen) atoms. The molecule has 6 atom stereocenters. The fraction of sp³-hybridized carbons (Fsp3) is 0.923. The lowest BCUT2D eigenvalue weighted by atomic mass is 9.48. The molecule has 1 N–H and O–H groups in total. The van der Waals surface area contributed by atoms with Gasteiger partial charge in [0.1, 0.15) is 0 Å². The largest absolute Gasteiger partial charge is 0.355 e. The first-order chi connectivity index (χ1) is 7.22. The molecule has 82 valence electrons. The number of carbonyl (C=O) groups excluding carboxylic acids is 1. The van der Waals surface area contributed by atoms with Crippen LogP contribution in [0.25, 0.3) is 0 Å². The Morgan fingerprint density at radius 1 is 1.33 bits per heavy atom. The second-order valence-electron chi connectivity index (χ2n) is 6.43. The van der Waals surface area contributed by atoms with Crippen LogP contribution in [0.1, 0.15) is 32.6 Å². The molecule has 0 radical (unpaired) electrons. The van der Waals surface area contributed by atoms with Gasteiger partial charge in [-0.3, -0.25) is 4.79 Å². The van der Waals surface area contributed by atoms with Crippen LogP contribution >= 0.6 is 0 Å². The van der Waals surface area contributed by atoms with Gasteiger partial charge in [-0.05, 0) is 48.9 Å². The van der Waals surface area contributed by atoms with Crippen molar-refractivity contribution in [2.75, 3.05) is 6.54 Å². The molecule has 1 saturated heterocycles. The molecular weight excluding hydrogens is 186 g/mol. The molecule has 3 saturated carbocycles. The monoisotopic (exact) mass is 205 g/mol. The van der Waals surface area contributed by atoms with Crippen molar-refractivity contribution >= 4 is 5.91 Å². The lowest BCUT2D eigenvalue weighted by Gasteiger charge is -2.55. The normalized spacial score (nSPS) is 60.6. The highest BCUT2D eigenvalue weighted by atomic mass is 16.1. The molecule has 2 nitrogen and oxygen atoms in total. The fourth-order valence-corrected chi connectivity index (χ4v) is 5.69. The van der Waals surface area contributed by atoms with Gasteiger partial charge in [-0.2, -0.15) is 0 Å². The second-order valence-corrected chi connectivity index (χ2v) is 6.43. The molecule has 3 aliphatic carbocycles. The standard InChI is InChI=1S/C13H19NO/c1-7-4-10-12-8(7)2-3-9(12)13(10)5-11(15)14-6-13/h7-10,12H,2-6H2,1H3,(H,14,15)/t7?,8-,9-,10+,12+,13+/m0/s1. The van der Waals surface area contributed by atoms with E-state index in [0.717, 1.165) is 42.6 Å². The van der Waals surface area contributed by atoms with E-state index in [-0.39, 0.29) is 0 Å². The Morgan fingerprint density at radius 2 is 2.20 bits per heavy atom. The third-order valence-corrected chi connectivity index (χ3v) is 6.17. The van der Waals surface area contributed by atoms with Crippen LogP contribution in [0.2, 0.25) is 0 Å². The average molecular weight is 205 g/mol. The summed E-state index contributed by atoms with van der Waals surface area (Å²) in [6.45, 7) is 3.43. The summed E-state index contributed by atoms with van der Waals surface area (Å²) in [5.74, 6) is 5.06. The van der Waals surface area contributed by atoms with E-state index in [1.165, 1.54) is 19.3 Å². The fourth-order valence-electron chi connectivity index (χ4n) is 5.69. The molecule has 0 aromatic rings. The molecule has 0 aromatic heterocycles.